The summed E-state index contributed by atoms with van der Waals surface area (Å²) < 4.78 is 0. The van der Waals surface area contributed by atoms with E-state index in [4.69, 9.17) is 0 Å². The number of rotatable bonds is 3. The highest BCUT2D eigenvalue weighted by Crippen LogP contribution is 2.22. The number of piperidine rings is 1. The third-order valence-electron chi connectivity index (χ3n) is 3.67. The van der Waals surface area contributed by atoms with E-state index in [1.54, 1.807) is 0 Å². The molecule has 0 bridgehead atoms. The Kier molecular flexibility index (Phi) is 4.70. The van der Waals surface area contributed by atoms with Crippen LogP contribution < -0.4 is 0 Å². The zero-order valence-electron chi connectivity index (χ0n) is 10.9. The minimum absolute atomic E-state index is 0.134. The van der Waals surface area contributed by atoms with E-state index in [2.05, 4.69) is 24.5 Å². The summed E-state index contributed by atoms with van der Waals surface area (Å²) in [5.74, 6) is 0.134. The van der Waals surface area contributed by atoms with Crippen molar-refractivity contribution in [1.82, 2.24) is 9.80 Å². The van der Waals surface area contributed by atoms with Gasteiger partial charge in [-0.15, -0.1) is 24.0 Å². The summed E-state index contributed by atoms with van der Waals surface area (Å²) in [6, 6.07) is 2.24. The molecule has 2 heterocycles. The molecular weight excluding hydrogens is 264 g/mol. The maximum Gasteiger partial charge on any atom is 0.263 e. The lowest BCUT2D eigenvalue weighted by Gasteiger charge is -2.36. The molecule has 0 spiro atoms. The summed E-state index contributed by atoms with van der Waals surface area (Å²) in [6.07, 6.45) is 2.16. The number of hydrogen-bond donors (Lipinski definition) is 1. The predicted octanol–water partition coefficient (Wildman–Crippen LogP) is 2.59. The fourth-order valence-electron chi connectivity index (χ4n) is 2.40. The average molecular weight is 284 g/mol. The van der Waals surface area contributed by atoms with Crippen molar-refractivity contribution in [1.29, 1.82) is 0 Å². The number of carbonyl (C=O) groups excluding carboxylic acids is 1. The Morgan fingerprint density at radius 2 is 2.22 bits per heavy atom. The molecule has 18 heavy (non-hydrogen) atoms. The van der Waals surface area contributed by atoms with Crippen LogP contribution in [0.1, 0.15) is 29.4 Å². The molecule has 0 radical (unpaired) electrons. The van der Waals surface area contributed by atoms with Gasteiger partial charge < -0.3 is 9.80 Å². The van der Waals surface area contributed by atoms with Crippen molar-refractivity contribution in [3.63, 3.8) is 0 Å². The molecule has 100 valence electrons. The zero-order chi connectivity index (χ0) is 13.1. The van der Waals surface area contributed by atoms with Gasteiger partial charge in [-0.2, -0.15) is 0 Å². The lowest BCUT2D eigenvalue weighted by molar-refractivity contribution is 0.0651. The number of carbonyl (C=O) groups is 1. The van der Waals surface area contributed by atoms with Crippen LogP contribution in [0.2, 0.25) is 0 Å². The topological polar surface area (TPSA) is 23.6 Å². The molecule has 0 aromatic carbocycles. The number of nitrogens with zero attached hydrogens (tertiary/aromatic N) is 2. The van der Waals surface area contributed by atoms with Crippen LogP contribution in [-0.4, -0.2) is 48.4 Å². The Hall–Kier alpha value is -0.520. The monoisotopic (exact) mass is 284 g/mol. The molecule has 1 amide bonds. The fourth-order valence-corrected chi connectivity index (χ4v) is 3.53. The molecule has 0 unspecified atom stereocenters. The van der Waals surface area contributed by atoms with Gasteiger partial charge in [-0.05, 0) is 25.5 Å². The van der Waals surface area contributed by atoms with Crippen molar-refractivity contribution in [2.24, 2.45) is 0 Å². The van der Waals surface area contributed by atoms with E-state index in [0.29, 0.717) is 6.04 Å². The fraction of sp³-hybridized carbons (Fsp3) is 0.615. The highest BCUT2D eigenvalue weighted by Gasteiger charge is 2.25. The molecule has 1 aromatic rings. The van der Waals surface area contributed by atoms with Crippen LogP contribution in [0.4, 0.5) is 0 Å². The first-order valence-corrected chi connectivity index (χ1v) is 7.71. The average Bonchev–Trinajstić information content (AvgIpc) is 2.84. The van der Waals surface area contributed by atoms with Crippen molar-refractivity contribution in [2.45, 2.75) is 30.7 Å². The van der Waals surface area contributed by atoms with Crippen LogP contribution in [0.5, 0.6) is 0 Å². The maximum absolute atomic E-state index is 12.3. The number of thiol groups is 1. The Bertz CT molecular complexity index is 411. The van der Waals surface area contributed by atoms with E-state index < -0.39 is 0 Å². The lowest BCUT2D eigenvalue weighted by atomic mass is 10.0. The van der Waals surface area contributed by atoms with Crippen LogP contribution in [0, 0.1) is 0 Å². The van der Waals surface area contributed by atoms with Crippen molar-refractivity contribution in [3.8, 4) is 0 Å². The number of likely N-dealkylation sites (tertiary alicyclic amines) is 1. The molecule has 5 heteroatoms. The Labute approximate surface area is 118 Å². The predicted molar refractivity (Wildman–Crippen MR) is 78.8 cm³/mol. The second-order valence-electron chi connectivity index (χ2n) is 4.75. The zero-order valence-corrected chi connectivity index (χ0v) is 12.6. The van der Waals surface area contributed by atoms with Crippen LogP contribution in [-0.2, 0) is 0 Å². The third kappa shape index (κ3) is 3.08. The molecule has 0 N–H and O–H groups in total. The molecule has 1 aliphatic heterocycles. The summed E-state index contributed by atoms with van der Waals surface area (Å²) >= 11 is 5.73. The molecule has 0 saturated carbocycles. The second-order valence-corrected chi connectivity index (χ2v) is 6.18. The van der Waals surface area contributed by atoms with Crippen LogP contribution in [0.15, 0.2) is 16.3 Å². The summed E-state index contributed by atoms with van der Waals surface area (Å²) in [5, 5.41) is 1.91. The van der Waals surface area contributed by atoms with Crippen molar-refractivity contribution < 1.29 is 4.79 Å². The van der Waals surface area contributed by atoms with Gasteiger partial charge in [0.2, 0.25) is 0 Å². The van der Waals surface area contributed by atoms with Crippen molar-refractivity contribution in [2.75, 3.05) is 26.7 Å². The van der Waals surface area contributed by atoms with Crippen molar-refractivity contribution in [3.05, 3.63) is 16.3 Å². The standard InChI is InChI=1S/C13H20N2OS2/c1-3-15-6-4-10(5-7-15)14(2)13(16)12-8-11(17)9-18-12/h8-10,17H,3-7H2,1-2H3. The van der Waals surface area contributed by atoms with E-state index in [9.17, 15) is 4.79 Å². The first-order valence-electron chi connectivity index (χ1n) is 6.38. The van der Waals surface area contributed by atoms with Gasteiger partial charge in [0, 0.05) is 36.5 Å². The minimum Gasteiger partial charge on any atom is -0.338 e. The smallest absolute Gasteiger partial charge is 0.263 e. The normalized spacial score (nSPS) is 17.9. The number of thiophene rings is 1. The van der Waals surface area contributed by atoms with Crippen LogP contribution >= 0.6 is 24.0 Å². The molecule has 1 saturated heterocycles. The SMILES string of the molecule is CCN1CCC(N(C)C(=O)c2cc(S)cs2)CC1. The largest absolute Gasteiger partial charge is 0.338 e. The Balaban J connectivity index is 1.95. The van der Waals surface area contributed by atoms with Crippen molar-refractivity contribution >= 4 is 29.9 Å². The van der Waals surface area contributed by atoms with E-state index in [1.165, 1.54) is 11.3 Å². The van der Waals surface area contributed by atoms with Gasteiger partial charge in [0.1, 0.15) is 0 Å². The van der Waals surface area contributed by atoms with Gasteiger partial charge in [-0.25, -0.2) is 0 Å². The van der Waals surface area contributed by atoms with E-state index in [-0.39, 0.29) is 5.91 Å². The molecule has 3 nitrogen and oxygen atoms in total. The highest BCUT2D eigenvalue weighted by molar-refractivity contribution is 7.80. The molecule has 0 aliphatic carbocycles. The second kappa shape index (κ2) is 6.08. The molecule has 2 rings (SSSR count). The van der Waals surface area contributed by atoms with E-state index in [1.807, 2.05) is 23.4 Å². The quantitative estimate of drug-likeness (QED) is 0.863. The minimum atomic E-state index is 0.134. The first kappa shape index (κ1) is 13.9. The summed E-state index contributed by atoms with van der Waals surface area (Å²) in [6.45, 7) is 5.50. The highest BCUT2D eigenvalue weighted by atomic mass is 32.1. The molecular formula is C13H20N2OS2. The summed E-state index contributed by atoms with van der Waals surface area (Å²) in [7, 11) is 1.92. The van der Waals surface area contributed by atoms with E-state index in [0.717, 1.165) is 42.2 Å². The first-order chi connectivity index (χ1) is 8.61. The Morgan fingerprint density at radius 1 is 1.56 bits per heavy atom. The number of hydrogen-bond acceptors (Lipinski definition) is 4. The van der Waals surface area contributed by atoms with Gasteiger partial charge in [0.25, 0.3) is 5.91 Å². The summed E-state index contributed by atoms with van der Waals surface area (Å²) in [4.78, 5) is 18.3. The van der Waals surface area contributed by atoms with E-state index >= 15 is 0 Å². The lowest BCUT2D eigenvalue weighted by Crippen LogP contribution is -2.45. The van der Waals surface area contributed by atoms with Crippen LogP contribution in [0.25, 0.3) is 0 Å². The van der Waals surface area contributed by atoms with Gasteiger partial charge >= 0.3 is 0 Å². The summed E-state index contributed by atoms with van der Waals surface area (Å²) in [5.41, 5.74) is 0. The molecule has 1 aliphatic rings. The maximum atomic E-state index is 12.3. The van der Waals surface area contributed by atoms with Gasteiger partial charge in [-0.3, -0.25) is 4.79 Å². The molecule has 0 atom stereocenters. The molecule has 1 aromatic heterocycles. The Morgan fingerprint density at radius 3 is 2.72 bits per heavy atom. The van der Waals surface area contributed by atoms with Gasteiger partial charge in [0.05, 0.1) is 4.88 Å². The third-order valence-corrected chi connectivity index (χ3v) is 5.02. The van der Waals surface area contributed by atoms with Crippen LogP contribution in [0.3, 0.4) is 0 Å². The van der Waals surface area contributed by atoms with Gasteiger partial charge in [0.15, 0.2) is 0 Å². The van der Waals surface area contributed by atoms with Gasteiger partial charge in [-0.1, -0.05) is 6.92 Å². The molecule has 1 fully saturated rings. The number of amides is 1.